The maximum absolute atomic E-state index is 14.1. The van der Waals surface area contributed by atoms with Crippen LogP contribution in [0.15, 0.2) is 71.9 Å². The van der Waals surface area contributed by atoms with Gasteiger partial charge in [-0.3, -0.25) is 14.5 Å². The van der Waals surface area contributed by atoms with Crippen molar-refractivity contribution in [3.05, 3.63) is 88.6 Å². The van der Waals surface area contributed by atoms with Crippen LogP contribution in [-0.4, -0.2) is 33.0 Å². The summed E-state index contributed by atoms with van der Waals surface area (Å²) in [6, 6.07) is 19.2. The van der Waals surface area contributed by atoms with Crippen molar-refractivity contribution in [2.45, 2.75) is 45.1 Å². The molecule has 2 atom stereocenters. The number of anilines is 2. The number of fused-ring (bicyclic) bond motifs is 1. The maximum Gasteiger partial charge on any atom is 0.227 e. The van der Waals surface area contributed by atoms with Crippen LogP contribution in [-0.2, 0) is 9.59 Å². The van der Waals surface area contributed by atoms with E-state index in [9.17, 15) is 9.59 Å². The molecular weight excluding hydrogens is 492 g/mol. The molecule has 1 aliphatic heterocycles. The smallest absolute Gasteiger partial charge is 0.227 e. The third-order valence-electron chi connectivity index (χ3n) is 7.61. The highest BCUT2D eigenvalue weighted by Gasteiger charge is 2.41. The molecule has 1 aliphatic carbocycles. The van der Waals surface area contributed by atoms with Gasteiger partial charge in [-0.1, -0.05) is 48.9 Å². The molecular formula is C32H34N2O5. The van der Waals surface area contributed by atoms with Gasteiger partial charge in [0.15, 0.2) is 17.3 Å². The molecule has 5 rings (SSSR count). The van der Waals surface area contributed by atoms with E-state index in [4.69, 9.17) is 14.2 Å². The Bertz CT molecular complexity index is 1420. The Morgan fingerprint density at radius 3 is 2.21 bits per heavy atom. The summed E-state index contributed by atoms with van der Waals surface area (Å²) in [5.74, 6) is 1.47. The molecule has 1 heterocycles. The summed E-state index contributed by atoms with van der Waals surface area (Å²) in [7, 11) is 4.74. The highest BCUT2D eigenvalue weighted by molar-refractivity contribution is 6.06. The first kappa shape index (κ1) is 26.4. The Labute approximate surface area is 229 Å². The number of ether oxygens (including phenoxy) is 3. The van der Waals surface area contributed by atoms with E-state index in [1.165, 1.54) is 0 Å². The van der Waals surface area contributed by atoms with Crippen molar-refractivity contribution in [1.29, 1.82) is 0 Å². The number of nitrogens with zero attached hydrogens (tertiary/aromatic N) is 1. The van der Waals surface area contributed by atoms with Crippen molar-refractivity contribution in [3.63, 3.8) is 0 Å². The van der Waals surface area contributed by atoms with Crippen LogP contribution >= 0.6 is 0 Å². The van der Waals surface area contributed by atoms with Gasteiger partial charge in [-0.25, -0.2) is 0 Å². The van der Waals surface area contributed by atoms with Crippen LogP contribution in [0.5, 0.6) is 17.2 Å². The first-order chi connectivity index (χ1) is 18.9. The van der Waals surface area contributed by atoms with Gasteiger partial charge < -0.3 is 19.5 Å². The SMILES string of the molecule is CCC(=O)N1c2ccccc2NC2=C(C(=O)C[C@H](c3cc(OC)c(OC)c(OC)c3)C2)[C@H]1c1ccc(C)cc1. The molecule has 0 bridgehead atoms. The van der Waals surface area contributed by atoms with Crippen molar-refractivity contribution in [1.82, 2.24) is 0 Å². The summed E-state index contributed by atoms with van der Waals surface area (Å²) in [4.78, 5) is 29.5. The molecule has 0 radical (unpaired) electrons. The number of benzene rings is 3. The second-order valence-corrected chi connectivity index (χ2v) is 9.95. The van der Waals surface area contributed by atoms with Crippen LogP contribution in [0.2, 0.25) is 0 Å². The second-order valence-electron chi connectivity index (χ2n) is 9.95. The highest BCUT2D eigenvalue weighted by Crippen LogP contribution is 2.49. The van der Waals surface area contributed by atoms with Gasteiger partial charge in [-0.05, 0) is 54.7 Å². The number of nitrogens with one attached hydrogen (secondary N) is 1. The molecule has 0 fully saturated rings. The number of aryl methyl sites for hydroxylation is 1. The molecule has 202 valence electrons. The van der Waals surface area contributed by atoms with Gasteiger partial charge in [0.05, 0.1) is 38.7 Å². The predicted molar refractivity (Wildman–Crippen MR) is 152 cm³/mol. The molecule has 2 aliphatic rings. The standard InChI is InChI=1S/C32H34N2O5/c1-6-29(36)34-25-10-8-7-9-23(25)33-24-15-21(22-17-27(37-3)32(39-5)28(18-22)38-4)16-26(35)30(24)31(34)20-13-11-19(2)12-14-20/h7-14,17-18,21,31,33H,6,15-16H2,1-5H3/t21-,31-/m1/s1. The summed E-state index contributed by atoms with van der Waals surface area (Å²) in [6.07, 6.45) is 1.21. The van der Waals surface area contributed by atoms with E-state index < -0.39 is 6.04 Å². The Morgan fingerprint density at radius 1 is 0.923 bits per heavy atom. The van der Waals surface area contributed by atoms with E-state index >= 15 is 0 Å². The number of allylic oxidation sites excluding steroid dienone is 1. The Hall–Kier alpha value is -4.26. The van der Waals surface area contributed by atoms with Crippen LogP contribution in [0.4, 0.5) is 11.4 Å². The summed E-state index contributed by atoms with van der Waals surface area (Å²) >= 11 is 0. The van der Waals surface area contributed by atoms with Gasteiger partial charge in [-0.2, -0.15) is 0 Å². The van der Waals surface area contributed by atoms with Gasteiger partial charge in [0, 0.05) is 24.1 Å². The lowest BCUT2D eigenvalue weighted by molar-refractivity contribution is -0.119. The fourth-order valence-electron chi connectivity index (χ4n) is 5.67. The van der Waals surface area contributed by atoms with Crippen molar-refractivity contribution in [2.24, 2.45) is 0 Å². The Balaban J connectivity index is 1.68. The molecule has 39 heavy (non-hydrogen) atoms. The van der Waals surface area contributed by atoms with E-state index in [1.54, 1.807) is 26.2 Å². The zero-order chi connectivity index (χ0) is 27.7. The topological polar surface area (TPSA) is 77.1 Å². The number of Topliss-reactive ketones (excluding diaryl/α,β-unsaturated/α-hetero) is 1. The van der Waals surface area contributed by atoms with Gasteiger partial charge in [0.1, 0.15) is 0 Å². The van der Waals surface area contributed by atoms with E-state index in [0.717, 1.165) is 33.8 Å². The lowest BCUT2D eigenvalue weighted by atomic mass is 9.78. The van der Waals surface area contributed by atoms with Crippen molar-refractivity contribution in [3.8, 4) is 17.2 Å². The minimum atomic E-state index is -0.530. The third-order valence-corrected chi connectivity index (χ3v) is 7.61. The van der Waals surface area contributed by atoms with Gasteiger partial charge in [0.2, 0.25) is 11.7 Å². The van der Waals surface area contributed by atoms with Crippen LogP contribution in [0.3, 0.4) is 0 Å². The first-order valence-corrected chi connectivity index (χ1v) is 13.2. The normalized spacial score (nSPS) is 18.5. The summed E-state index contributed by atoms with van der Waals surface area (Å²) in [5, 5.41) is 3.57. The summed E-state index contributed by atoms with van der Waals surface area (Å²) in [5.41, 5.74) is 5.99. The fraction of sp³-hybridized carbons (Fsp3) is 0.312. The largest absolute Gasteiger partial charge is 0.493 e. The molecule has 0 aromatic heterocycles. The van der Waals surface area contributed by atoms with Crippen molar-refractivity contribution in [2.75, 3.05) is 31.5 Å². The zero-order valence-electron chi connectivity index (χ0n) is 23.0. The number of carbonyl (C=O) groups is 2. The summed E-state index contributed by atoms with van der Waals surface area (Å²) in [6.45, 7) is 3.88. The van der Waals surface area contributed by atoms with E-state index in [2.05, 4.69) is 5.32 Å². The Kier molecular flexibility index (Phi) is 7.33. The second kappa shape index (κ2) is 10.8. The maximum atomic E-state index is 14.1. The molecule has 1 N–H and O–H groups in total. The molecule has 0 spiro atoms. The van der Waals surface area contributed by atoms with Crippen LogP contribution in [0.25, 0.3) is 0 Å². The molecule has 7 heteroatoms. The highest BCUT2D eigenvalue weighted by atomic mass is 16.5. The monoisotopic (exact) mass is 526 g/mol. The number of carbonyl (C=O) groups excluding carboxylic acids is 2. The third kappa shape index (κ3) is 4.73. The van der Waals surface area contributed by atoms with E-state index in [1.807, 2.05) is 74.5 Å². The Morgan fingerprint density at radius 2 is 1.59 bits per heavy atom. The summed E-state index contributed by atoms with van der Waals surface area (Å²) < 4.78 is 16.7. The zero-order valence-corrected chi connectivity index (χ0v) is 23.0. The lowest BCUT2D eigenvalue weighted by Gasteiger charge is -2.35. The minimum absolute atomic E-state index is 0.00906. The molecule has 0 saturated heterocycles. The van der Waals surface area contributed by atoms with Crippen LogP contribution < -0.4 is 24.4 Å². The molecule has 7 nitrogen and oxygen atoms in total. The van der Waals surface area contributed by atoms with E-state index in [0.29, 0.717) is 42.1 Å². The van der Waals surface area contributed by atoms with Gasteiger partial charge in [0.25, 0.3) is 0 Å². The number of para-hydroxylation sites is 2. The molecule has 3 aromatic rings. The molecule has 0 unspecified atom stereocenters. The van der Waals surface area contributed by atoms with E-state index in [-0.39, 0.29) is 17.6 Å². The van der Waals surface area contributed by atoms with Gasteiger partial charge in [-0.15, -0.1) is 0 Å². The fourth-order valence-corrected chi connectivity index (χ4v) is 5.67. The average molecular weight is 527 g/mol. The first-order valence-electron chi connectivity index (χ1n) is 13.2. The number of hydrogen-bond acceptors (Lipinski definition) is 6. The predicted octanol–water partition coefficient (Wildman–Crippen LogP) is 6.33. The van der Waals surface area contributed by atoms with Crippen molar-refractivity contribution < 1.29 is 23.8 Å². The number of methoxy groups -OCH3 is 3. The number of amides is 1. The number of rotatable bonds is 6. The quantitative estimate of drug-likeness (QED) is 0.404. The number of ketones is 1. The van der Waals surface area contributed by atoms with Crippen LogP contribution in [0.1, 0.15) is 54.8 Å². The minimum Gasteiger partial charge on any atom is -0.493 e. The van der Waals surface area contributed by atoms with Crippen LogP contribution in [0, 0.1) is 6.92 Å². The average Bonchev–Trinajstić information content (AvgIpc) is 3.11. The van der Waals surface area contributed by atoms with Gasteiger partial charge >= 0.3 is 0 Å². The molecule has 1 amide bonds. The number of hydrogen-bond donors (Lipinski definition) is 1. The molecule has 0 saturated carbocycles. The van der Waals surface area contributed by atoms with Crippen molar-refractivity contribution >= 4 is 23.1 Å². The lowest BCUT2D eigenvalue weighted by Crippen LogP contribution is -2.38. The molecule has 3 aromatic carbocycles.